The number of piperidine rings is 1. The van der Waals surface area contributed by atoms with E-state index >= 15 is 4.39 Å². The predicted octanol–water partition coefficient (Wildman–Crippen LogP) is 2.74. The van der Waals surface area contributed by atoms with Crippen LogP contribution in [0, 0.1) is 0 Å². The number of nitrogens with one attached hydrogen (secondary N) is 1. The molecule has 0 saturated carbocycles. The van der Waals surface area contributed by atoms with Crippen molar-refractivity contribution in [3.05, 3.63) is 35.9 Å². The summed E-state index contributed by atoms with van der Waals surface area (Å²) in [6.07, 6.45) is 0.589. The molecule has 2 saturated heterocycles. The standard InChI is InChI=1S/C23H26FN5O4/c1-23(2,3)33-22(32)27-9-8-20(17(24)12-27)29-19-6-4-5-18(16(19)11-25-29)28-10-7-15(13-30)26-21(28)14-31/h4-6,11,17,20,26H,7-10,12H2,1-3H3/t17-,20-/m0/s1. The summed E-state index contributed by atoms with van der Waals surface area (Å²) in [5.74, 6) is 3.74. The fraction of sp³-hybridized carbons (Fsp3) is 0.478. The average molecular weight is 455 g/mol. The number of likely N-dealkylation sites (tertiary alicyclic amines) is 1. The van der Waals surface area contributed by atoms with Crippen molar-refractivity contribution in [1.82, 2.24) is 20.0 Å². The van der Waals surface area contributed by atoms with Crippen molar-refractivity contribution >= 4 is 34.6 Å². The van der Waals surface area contributed by atoms with Crippen LogP contribution >= 0.6 is 0 Å². The molecule has 0 bridgehead atoms. The zero-order chi connectivity index (χ0) is 23.8. The summed E-state index contributed by atoms with van der Waals surface area (Å²) < 4.78 is 22.2. The van der Waals surface area contributed by atoms with Gasteiger partial charge in [-0.15, -0.1) is 0 Å². The van der Waals surface area contributed by atoms with E-state index in [1.807, 2.05) is 24.1 Å². The Hall–Kier alpha value is -3.61. The number of amides is 1. The minimum absolute atomic E-state index is 0.0739. The first kappa shape index (κ1) is 22.6. The normalized spacial score (nSPS) is 21.5. The van der Waals surface area contributed by atoms with Gasteiger partial charge in [0, 0.05) is 24.9 Å². The van der Waals surface area contributed by atoms with Crippen molar-refractivity contribution in [1.29, 1.82) is 0 Å². The second-order valence-electron chi connectivity index (χ2n) is 9.16. The molecule has 3 heterocycles. The first-order chi connectivity index (χ1) is 15.7. The van der Waals surface area contributed by atoms with Gasteiger partial charge < -0.3 is 19.9 Å². The Bertz CT molecular complexity index is 1170. The van der Waals surface area contributed by atoms with E-state index in [0.717, 1.165) is 5.39 Å². The lowest BCUT2D eigenvalue weighted by atomic mass is 10.0. The number of nitrogens with zero attached hydrogens (tertiary/aromatic N) is 4. The molecule has 1 aromatic carbocycles. The molecule has 2 fully saturated rings. The van der Waals surface area contributed by atoms with Gasteiger partial charge in [0.2, 0.25) is 0 Å². The molecule has 1 N–H and O–H groups in total. The van der Waals surface area contributed by atoms with E-state index in [1.54, 1.807) is 42.5 Å². The number of hydrogen-bond acceptors (Lipinski definition) is 7. The third-order valence-electron chi connectivity index (χ3n) is 5.73. The van der Waals surface area contributed by atoms with Crippen molar-refractivity contribution < 1.29 is 23.5 Å². The van der Waals surface area contributed by atoms with E-state index in [0.29, 0.717) is 42.8 Å². The zero-order valence-electron chi connectivity index (χ0n) is 18.8. The average Bonchev–Trinajstić information content (AvgIpc) is 3.21. The topological polar surface area (TPSA) is 96.8 Å². The van der Waals surface area contributed by atoms with Crippen LogP contribution in [0.4, 0.5) is 14.9 Å². The molecule has 2 aromatic rings. The van der Waals surface area contributed by atoms with Crippen LogP contribution in [-0.4, -0.2) is 64.1 Å². The van der Waals surface area contributed by atoms with Gasteiger partial charge in [-0.25, -0.2) is 18.8 Å². The number of anilines is 1. The molecule has 0 unspecified atom stereocenters. The van der Waals surface area contributed by atoms with E-state index in [9.17, 15) is 14.4 Å². The zero-order valence-corrected chi connectivity index (χ0v) is 18.8. The monoisotopic (exact) mass is 455 g/mol. The minimum atomic E-state index is -1.32. The lowest BCUT2D eigenvalue weighted by Crippen LogP contribution is -2.47. The molecule has 4 rings (SSSR count). The Kier molecular flexibility index (Phi) is 5.97. The van der Waals surface area contributed by atoms with Gasteiger partial charge in [-0.2, -0.15) is 5.10 Å². The maximum absolute atomic E-state index is 15.2. The first-order valence-electron chi connectivity index (χ1n) is 10.8. The second kappa shape index (κ2) is 8.73. The Morgan fingerprint density at radius 1 is 1.24 bits per heavy atom. The van der Waals surface area contributed by atoms with Crippen LogP contribution in [-0.2, 0) is 14.3 Å². The molecule has 0 aliphatic carbocycles. The summed E-state index contributed by atoms with van der Waals surface area (Å²) in [5, 5.41) is 7.95. The van der Waals surface area contributed by atoms with Gasteiger partial charge in [0.15, 0.2) is 11.8 Å². The van der Waals surface area contributed by atoms with Crippen molar-refractivity contribution in [2.24, 2.45) is 0 Å². The van der Waals surface area contributed by atoms with Gasteiger partial charge in [-0.3, -0.25) is 4.68 Å². The third kappa shape index (κ3) is 4.49. The predicted molar refractivity (Wildman–Crippen MR) is 120 cm³/mol. The van der Waals surface area contributed by atoms with Crippen LogP contribution in [0.2, 0.25) is 0 Å². The molecule has 33 heavy (non-hydrogen) atoms. The fourth-order valence-electron chi connectivity index (χ4n) is 4.22. The summed E-state index contributed by atoms with van der Waals surface area (Å²) in [6, 6.07) is 4.95. The maximum Gasteiger partial charge on any atom is 0.410 e. The van der Waals surface area contributed by atoms with Crippen molar-refractivity contribution in [2.45, 2.75) is 51.4 Å². The van der Waals surface area contributed by atoms with Gasteiger partial charge in [-0.1, -0.05) is 6.07 Å². The van der Waals surface area contributed by atoms with Crippen LogP contribution in [0.25, 0.3) is 10.9 Å². The molecule has 2 aliphatic rings. The van der Waals surface area contributed by atoms with Crippen LogP contribution in [0.1, 0.15) is 39.7 Å². The van der Waals surface area contributed by atoms with Gasteiger partial charge >= 0.3 is 6.09 Å². The number of fused-ring (bicyclic) bond motifs is 1. The molecule has 2 atom stereocenters. The summed E-state index contributed by atoms with van der Waals surface area (Å²) in [5.41, 5.74) is 1.07. The molecule has 0 radical (unpaired) electrons. The van der Waals surface area contributed by atoms with E-state index in [2.05, 4.69) is 10.4 Å². The summed E-state index contributed by atoms with van der Waals surface area (Å²) in [6.45, 7) is 6.00. The Labute approximate surface area is 190 Å². The molecule has 1 aromatic heterocycles. The first-order valence-corrected chi connectivity index (χ1v) is 10.8. The fourth-order valence-corrected chi connectivity index (χ4v) is 4.22. The number of benzene rings is 1. The van der Waals surface area contributed by atoms with E-state index < -0.39 is 23.9 Å². The Morgan fingerprint density at radius 3 is 2.70 bits per heavy atom. The lowest BCUT2D eigenvalue weighted by molar-refractivity contribution is 0.00614. The smallest absolute Gasteiger partial charge is 0.410 e. The van der Waals surface area contributed by atoms with Crippen LogP contribution in [0.5, 0.6) is 0 Å². The SMILES string of the molecule is CC(C)(C)OC(=O)N1CC[C@H](n2ncc3c(N4CCC(=C=O)NC4=C=O)cccc32)[C@@H](F)C1. The Morgan fingerprint density at radius 2 is 2.03 bits per heavy atom. The quantitative estimate of drug-likeness (QED) is 0.696. The van der Waals surface area contributed by atoms with E-state index in [4.69, 9.17) is 4.74 Å². The molecule has 1 amide bonds. The molecule has 174 valence electrons. The largest absolute Gasteiger partial charge is 0.444 e. The highest BCUT2D eigenvalue weighted by atomic mass is 19.1. The number of ether oxygens (including phenoxy) is 1. The van der Waals surface area contributed by atoms with Crippen LogP contribution in [0.3, 0.4) is 0 Å². The lowest BCUT2D eigenvalue weighted by Gasteiger charge is -2.36. The Balaban J connectivity index is 1.58. The van der Waals surface area contributed by atoms with Crippen molar-refractivity contribution in [3.63, 3.8) is 0 Å². The number of carbonyl (C=O) groups is 1. The highest BCUT2D eigenvalue weighted by Crippen LogP contribution is 2.34. The number of alkyl halides is 1. The van der Waals surface area contributed by atoms with Crippen LogP contribution < -0.4 is 10.2 Å². The summed E-state index contributed by atoms with van der Waals surface area (Å²) in [4.78, 5) is 37.9. The molecular formula is C23H26FN5O4. The summed E-state index contributed by atoms with van der Waals surface area (Å²) in [7, 11) is 0. The minimum Gasteiger partial charge on any atom is -0.444 e. The number of rotatable bonds is 2. The highest BCUT2D eigenvalue weighted by molar-refractivity contribution is 5.93. The number of carbonyl (C=O) groups excluding carboxylic acids is 3. The highest BCUT2D eigenvalue weighted by Gasteiger charge is 2.36. The maximum atomic E-state index is 15.2. The molecule has 0 spiro atoms. The van der Waals surface area contributed by atoms with Gasteiger partial charge in [0.05, 0.1) is 30.0 Å². The van der Waals surface area contributed by atoms with E-state index in [-0.39, 0.29) is 12.4 Å². The third-order valence-corrected chi connectivity index (χ3v) is 5.73. The van der Waals surface area contributed by atoms with Gasteiger partial charge in [0.1, 0.15) is 23.4 Å². The molecule has 2 aliphatic heterocycles. The summed E-state index contributed by atoms with van der Waals surface area (Å²) >= 11 is 0. The van der Waals surface area contributed by atoms with Crippen molar-refractivity contribution in [2.75, 3.05) is 24.5 Å². The number of aromatic nitrogens is 2. The van der Waals surface area contributed by atoms with Gasteiger partial charge in [-0.05, 0) is 39.3 Å². The number of hydrogen-bond donors (Lipinski definition) is 1. The number of halogens is 1. The molecule has 10 heteroatoms. The molecule has 9 nitrogen and oxygen atoms in total. The van der Waals surface area contributed by atoms with Crippen molar-refractivity contribution in [3.8, 4) is 0 Å². The second-order valence-corrected chi connectivity index (χ2v) is 9.16. The van der Waals surface area contributed by atoms with E-state index in [1.165, 1.54) is 4.90 Å². The molecular weight excluding hydrogens is 429 g/mol. The van der Waals surface area contributed by atoms with Crippen LogP contribution in [0.15, 0.2) is 35.9 Å². The van der Waals surface area contributed by atoms with Gasteiger partial charge in [0.25, 0.3) is 0 Å².